The van der Waals surface area contributed by atoms with Gasteiger partial charge in [-0.1, -0.05) is 82.2 Å². The molecule has 0 fully saturated rings. The topological polar surface area (TPSA) is 7.94 Å². The SMILES string of the molecule is CCCCCCc1cc2c3c(c4cc(Br)sc4c2s1)=CC1=C(c2ccc(C)cc2)c2cc4c5cc(Br)sc5c5sc(CCCCCC)cc5c4n2[B-](F)(F)[N+]=31. The van der Waals surface area contributed by atoms with Gasteiger partial charge < -0.3 is 17.6 Å². The highest BCUT2D eigenvalue weighted by atomic mass is 79.9. The van der Waals surface area contributed by atoms with Crippen LogP contribution in [0.1, 0.15) is 91.8 Å². The number of aromatic nitrogens is 1. The number of hydrogen-bond acceptors (Lipinski definition) is 4. The molecular weight excluding hydrogens is 893 g/mol. The maximum Gasteiger partial charge on any atom is 0.737 e. The molecule has 0 amide bonds. The van der Waals surface area contributed by atoms with Gasteiger partial charge in [-0.2, -0.15) is 0 Å². The Kier molecular flexibility index (Phi) is 9.34. The Bertz CT molecular complexity index is 3030. The number of thiophene rings is 4. The number of hydrogen-bond donors (Lipinski definition) is 0. The molecule has 2 nitrogen and oxygen atoms in total. The number of allylic oxidation sites excluding steroid dienone is 1. The van der Waals surface area contributed by atoms with Crippen LogP contribution in [0.5, 0.6) is 0 Å². The Morgan fingerprint density at radius 1 is 0.655 bits per heavy atom. The van der Waals surface area contributed by atoms with Crippen LogP contribution in [0.25, 0.3) is 62.9 Å². The first-order valence-corrected chi connectivity index (χ1v) is 24.4. The van der Waals surface area contributed by atoms with Crippen LogP contribution < -0.4 is 15.1 Å². The average molecular weight is 933 g/mol. The summed E-state index contributed by atoms with van der Waals surface area (Å²) >= 11 is 14.6. The van der Waals surface area contributed by atoms with Gasteiger partial charge in [0.05, 0.1) is 42.6 Å². The van der Waals surface area contributed by atoms with Crippen molar-refractivity contribution in [3.8, 4) is 0 Å². The largest absolute Gasteiger partial charge is 0.737 e. The lowest BCUT2D eigenvalue weighted by atomic mass is 9.85. The van der Waals surface area contributed by atoms with Crippen LogP contribution in [0.15, 0.2) is 67.9 Å². The fourth-order valence-electron chi connectivity index (χ4n) is 9.03. The molecule has 0 aliphatic carbocycles. The maximum absolute atomic E-state index is 18.5. The summed E-state index contributed by atoms with van der Waals surface area (Å²) in [6.45, 7) is 2.22. The molecule has 0 saturated carbocycles. The molecule has 7 heterocycles. The normalized spacial score (nSPS) is 15.0. The summed E-state index contributed by atoms with van der Waals surface area (Å²) in [6.07, 6.45) is 13.4. The molecule has 0 saturated heterocycles. The number of nitrogens with zero attached hydrogens (tertiary/aromatic N) is 2. The number of fused-ring (bicyclic) bond motifs is 15. The first-order valence-electron chi connectivity index (χ1n) is 19.5. The quantitative estimate of drug-likeness (QED) is 0.0902. The molecule has 0 spiro atoms. The molecule has 10 rings (SSSR count). The summed E-state index contributed by atoms with van der Waals surface area (Å²) in [5.74, 6) is 0. The molecule has 11 heteroatoms. The van der Waals surface area contributed by atoms with Crippen LogP contribution in [0.2, 0.25) is 0 Å². The molecule has 0 unspecified atom stereocenters. The summed E-state index contributed by atoms with van der Waals surface area (Å²) in [5.41, 5.74) is 4.78. The summed E-state index contributed by atoms with van der Waals surface area (Å²) < 4.78 is 46.6. The van der Waals surface area contributed by atoms with Gasteiger partial charge in [-0.05, 0) is 100 Å². The second-order valence-electron chi connectivity index (χ2n) is 15.3. The second kappa shape index (κ2) is 14.0. The summed E-state index contributed by atoms with van der Waals surface area (Å²) in [5, 5.41) is 6.43. The van der Waals surface area contributed by atoms with Crippen molar-refractivity contribution in [2.45, 2.75) is 85.0 Å². The fraction of sp³-hybridized carbons (Fsp3) is 0.295. The number of halogens is 4. The molecule has 2 aliphatic rings. The van der Waals surface area contributed by atoms with Gasteiger partial charge in [0.2, 0.25) is 0 Å². The third-order valence-corrected chi connectivity index (χ3v) is 17.6. The molecule has 5 aromatic heterocycles. The van der Waals surface area contributed by atoms with Gasteiger partial charge in [0, 0.05) is 48.6 Å². The van der Waals surface area contributed by atoms with Crippen LogP contribution in [-0.2, 0) is 12.8 Å². The molecule has 55 heavy (non-hydrogen) atoms. The summed E-state index contributed by atoms with van der Waals surface area (Å²) in [7, 11) is 0. The van der Waals surface area contributed by atoms with E-state index in [1.807, 2.05) is 0 Å². The molecule has 0 radical (unpaired) electrons. The van der Waals surface area contributed by atoms with Crippen molar-refractivity contribution in [2.75, 3.05) is 0 Å². The van der Waals surface area contributed by atoms with Crippen molar-refractivity contribution in [1.82, 2.24) is 8.96 Å². The van der Waals surface area contributed by atoms with E-state index in [0.717, 1.165) is 91.5 Å². The smallest absolute Gasteiger partial charge is 0.389 e. The summed E-state index contributed by atoms with van der Waals surface area (Å²) in [4.78, 5) is 2.55. The van der Waals surface area contributed by atoms with Crippen molar-refractivity contribution in [2.24, 2.45) is 0 Å². The van der Waals surface area contributed by atoms with Gasteiger partial charge in [0.25, 0.3) is 0 Å². The molecule has 3 aromatic carbocycles. The number of unbranched alkanes of at least 4 members (excludes halogenated alkanes) is 6. The Labute approximate surface area is 351 Å². The fourth-order valence-corrected chi connectivity index (χ4v) is 15.0. The van der Waals surface area contributed by atoms with Crippen LogP contribution in [0.4, 0.5) is 8.63 Å². The number of rotatable bonds is 11. The zero-order chi connectivity index (χ0) is 37.7. The standard InChI is InChI=1S/C44H39BBr2F2N2S4/c1-4-6-8-10-12-26-18-32-39-28(30-22-36(46)54-41(30)43(32)52-26)20-34-38(25-16-14-24(3)15-17-25)35-21-29-31-23-37(47)55-42(31)44-33(19-27(53-44)13-11-9-7-5-2)40(29)51(35)45(48,49)50(34)39/h14-23H,4-13H2,1-3H3. The van der Waals surface area contributed by atoms with E-state index in [2.05, 4.69) is 113 Å². The van der Waals surface area contributed by atoms with Gasteiger partial charge in [-0.25, -0.2) is 0 Å². The monoisotopic (exact) mass is 930 g/mol. The van der Waals surface area contributed by atoms with Crippen LogP contribution in [-0.4, -0.2) is 11.4 Å². The predicted octanol–water partition coefficient (Wildman–Crippen LogP) is 14.6. The molecular formula is C44H39BBr2F2N2S4. The van der Waals surface area contributed by atoms with Crippen LogP contribution >= 0.6 is 77.2 Å². The van der Waals surface area contributed by atoms with Gasteiger partial charge >= 0.3 is 6.97 Å². The highest BCUT2D eigenvalue weighted by Crippen LogP contribution is 2.50. The molecule has 0 bridgehead atoms. The lowest BCUT2D eigenvalue weighted by molar-refractivity contribution is 0.519. The van der Waals surface area contributed by atoms with E-state index in [4.69, 9.17) is 0 Å². The molecule has 280 valence electrons. The van der Waals surface area contributed by atoms with E-state index >= 15 is 8.63 Å². The van der Waals surface area contributed by atoms with E-state index in [0.29, 0.717) is 22.3 Å². The van der Waals surface area contributed by atoms with Crippen LogP contribution in [0, 0.1) is 6.92 Å². The lowest BCUT2D eigenvalue weighted by Gasteiger charge is -2.32. The van der Waals surface area contributed by atoms with Crippen molar-refractivity contribution in [1.29, 1.82) is 0 Å². The second-order valence-corrected chi connectivity index (χ2v) is 22.4. The minimum absolute atomic E-state index is 0.590. The Balaban J connectivity index is 1.32. The predicted molar refractivity (Wildman–Crippen MR) is 247 cm³/mol. The van der Waals surface area contributed by atoms with Crippen molar-refractivity contribution in [3.05, 3.63) is 105 Å². The third-order valence-electron chi connectivity index (χ3n) is 11.6. The van der Waals surface area contributed by atoms with E-state index < -0.39 is 6.97 Å². The first-order chi connectivity index (χ1) is 26.7. The molecule has 0 atom stereocenters. The minimum atomic E-state index is -4.33. The van der Waals surface area contributed by atoms with Gasteiger partial charge in [0.15, 0.2) is 11.1 Å². The number of aryl methyl sites for hydroxylation is 3. The first kappa shape index (κ1) is 36.7. The number of benzene rings is 3. The highest BCUT2D eigenvalue weighted by molar-refractivity contribution is 9.11. The third kappa shape index (κ3) is 5.76. The lowest BCUT2D eigenvalue weighted by Crippen LogP contribution is -2.57. The van der Waals surface area contributed by atoms with E-state index in [1.54, 1.807) is 45.3 Å². The van der Waals surface area contributed by atoms with E-state index in [1.165, 1.54) is 66.6 Å². The zero-order valence-corrected chi connectivity index (χ0v) is 37.4. The molecule has 8 aromatic rings. The Morgan fingerprint density at radius 3 is 1.89 bits per heavy atom. The maximum atomic E-state index is 18.5. The van der Waals surface area contributed by atoms with Crippen molar-refractivity contribution < 1.29 is 8.63 Å². The van der Waals surface area contributed by atoms with Crippen LogP contribution in [0.3, 0.4) is 0 Å². The average Bonchev–Trinajstić information content (AvgIpc) is 4.00. The van der Waals surface area contributed by atoms with Crippen molar-refractivity contribution in [3.63, 3.8) is 0 Å². The minimum Gasteiger partial charge on any atom is -0.389 e. The van der Waals surface area contributed by atoms with Gasteiger partial charge in [-0.15, -0.1) is 45.3 Å². The van der Waals surface area contributed by atoms with E-state index in [9.17, 15) is 0 Å². The zero-order valence-electron chi connectivity index (χ0n) is 31.0. The van der Waals surface area contributed by atoms with Crippen molar-refractivity contribution >= 4 is 147 Å². The van der Waals surface area contributed by atoms with Gasteiger partial charge in [-0.3, -0.25) is 0 Å². The Hall–Kier alpha value is -2.67. The highest BCUT2D eigenvalue weighted by Gasteiger charge is 2.54. The Morgan fingerprint density at radius 2 is 1.24 bits per heavy atom. The molecule has 0 N–H and O–H groups in total. The van der Waals surface area contributed by atoms with Gasteiger partial charge in [0.1, 0.15) is 0 Å². The molecule has 2 aliphatic heterocycles. The van der Waals surface area contributed by atoms with E-state index in [-0.39, 0.29) is 0 Å². The summed E-state index contributed by atoms with van der Waals surface area (Å²) in [6, 6.07) is 19.3.